The van der Waals surface area contributed by atoms with Crippen molar-refractivity contribution in [2.24, 2.45) is 0 Å². The zero-order chi connectivity index (χ0) is 13.6. The first-order valence-corrected chi connectivity index (χ1v) is 6.27. The average molecular weight is 244 g/mol. The van der Waals surface area contributed by atoms with E-state index in [-0.39, 0.29) is 5.91 Å². The number of amides is 1. The van der Waals surface area contributed by atoms with E-state index < -0.39 is 5.54 Å². The fraction of sp³-hybridized carbons (Fsp3) is 0.467. The standard InChI is InChI=1S/C15H20N2O/c1-4-12-5-7-13(8-6-12)9-10-14(18)17-15(2,3)11-16/h5-8H,4,9-10H2,1-3H3,(H,17,18). The number of hydrogen-bond acceptors (Lipinski definition) is 2. The van der Waals surface area contributed by atoms with Crippen molar-refractivity contribution in [3.63, 3.8) is 0 Å². The van der Waals surface area contributed by atoms with E-state index in [1.54, 1.807) is 13.8 Å². The van der Waals surface area contributed by atoms with Crippen molar-refractivity contribution >= 4 is 5.91 Å². The SMILES string of the molecule is CCc1ccc(CCC(=O)NC(C)(C)C#N)cc1. The number of aryl methyl sites for hydroxylation is 2. The molecule has 0 aliphatic rings. The lowest BCUT2D eigenvalue weighted by Gasteiger charge is -2.17. The molecule has 0 saturated carbocycles. The summed E-state index contributed by atoms with van der Waals surface area (Å²) in [7, 11) is 0. The summed E-state index contributed by atoms with van der Waals surface area (Å²) in [4.78, 5) is 11.7. The van der Waals surface area contributed by atoms with Gasteiger partial charge in [0.1, 0.15) is 5.54 Å². The van der Waals surface area contributed by atoms with Crippen LogP contribution in [0.25, 0.3) is 0 Å². The molecule has 0 unspecified atom stereocenters. The van der Waals surface area contributed by atoms with Gasteiger partial charge in [0.2, 0.25) is 5.91 Å². The van der Waals surface area contributed by atoms with Crippen LogP contribution in [0, 0.1) is 11.3 Å². The maximum atomic E-state index is 11.7. The second-order valence-electron chi connectivity index (χ2n) is 4.96. The number of nitrogens with zero attached hydrogens (tertiary/aromatic N) is 1. The Balaban J connectivity index is 2.45. The van der Waals surface area contributed by atoms with E-state index in [9.17, 15) is 4.79 Å². The van der Waals surface area contributed by atoms with Crippen LogP contribution in [0.1, 0.15) is 38.3 Å². The predicted molar refractivity (Wildman–Crippen MR) is 72.0 cm³/mol. The molecule has 1 amide bonds. The molecule has 3 nitrogen and oxygen atoms in total. The first-order valence-electron chi connectivity index (χ1n) is 6.27. The fourth-order valence-electron chi connectivity index (χ4n) is 1.64. The van der Waals surface area contributed by atoms with Crippen molar-refractivity contribution in [2.45, 2.75) is 45.6 Å². The Morgan fingerprint density at radius 3 is 2.33 bits per heavy atom. The molecule has 0 radical (unpaired) electrons. The molecule has 1 N–H and O–H groups in total. The summed E-state index contributed by atoms with van der Waals surface area (Å²) in [6, 6.07) is 10.3. The Labute approximate surface area is 109 Å². The normalized spacial score (nSPS) is 10.8. The van der Waals surface area contributed by atoms with Gasteiger partial charge in [-0.15, -0.1) is 0 Å². The van der Waals surface area contributed by atoms with Crippen molar-refractivity contribution < 1.29 is 4.79 Å². The average Bonchev–Trinajstić information content (AvgIpc) is 2.36. The van der Waals surface area contributed by atoms with Gasteiger partial charge in [-0.3, -0.25) is 4.79 Å². The Kier molecular flexibility index (Phi) is 4.91. The topological polar surface area (TPSA) is 52.9 Å². The van der Waals surface area contributed by atoms with E-state index in [1.807, 2.05) is 0 Å². The van der Waals surface area contributed by atoms with Gasteiger partial charge in [-0.05, 0) is 37.8 Å². The van der Waals surface area contributed by atoms with Crippen LogP contribution in [0.5, 0.6) is 0 Å². The minimum absolute atomic E-state index is 0.0823. The number of nitrogens with one attached hydrogen (secondary N) is 1. The second-order valence-corrected chi connectivity index (χ2v) is 4.96. The van der Waals surface area contributed by atoms with Gasteiger partial charge in [0.25, 0.3) is 0 Å². The van der Waals surface area contributed by atoms with Gasteiger partial charge in [-0.1, -0.05) is 31.2 Å². The third-order valence-corrected chi connectivity index (χ3v) is 2.80. The second kappa shape index (κ2) is 6.20. The fourth-order valence-corrected chi connectivity index (χ4v) is 1.64. The lowest BCUT2D eigenvalue weighted by Crippen LogP contribution is -2.42. The van der Waals surface area contributed by atoms with E-state index in [2.05, 4.69) is 42.6 Å². The van der Waals surface area contributed by atoms with Gasteiger partial charge in [-0.2, -0.15) is 5.26 Å². The van der Waals surface area contributed by atoms with Crippen LogP contribution in [0.15, 0.2) is 24.3 Å². The monoisotopic (exact) mass is 244 g/mol. The lowest BCUT2D eigenvalue weighted by atomic mass is 10.0. The number of hydrogen-bond donors (Lipinski definition) is 1. The minimum Gasteiger partial charge on any atom is -0.338 e. The molecule has 0 spiro atoms. The van der Waals surface area contributed by atoms with Crippen molar-refractivity contribution in [2.75, 3.05) is 0 Å². The summed E-state index contributed by atoms with van der Waals surface area (Å²) >= 11 is 0. The minimum atomic E-state index is -0.789. The molecular weight excluding hydrogens is 224 g/mol. The molecule has 0 aliphatic heterocycles. The highest BCUT2D eigenvalue weighted by molar-refractivity contribution is 5.77. The molecule has 0 heterocycles. The Morgan fingerprint density at radius 2 is 1.83 bits per heavy atom. The molecule has 1 aromatic rings. The summed E-state index contributed by atoms with van der Waals surface area (Å²) in [6.45, 7) is 5.51. The van der Waals surface area contributed by atoms with E-state index in [0.717, 1.165) is 12.0 Å². The first kappa shape index (κ1) is 14.2. The Hall–Kier alpha value is -1.82. The Morgan fingerprint density at radius 1 is 1.28 bits per heavy atom. The van der Waals surface area contributed by atoms with Crippen molar-refractivity contribution in [3.8, 4) is 6.07 Å². The van der Waals surface area contributed by atoms with Gasteiger partial charge in [0, 0.05) is 6.42 Å². The van der Waals surface area contributed by atoms with Crippen LogP contribution in [0.2, 0.25) is 0 Å². The number of rotatable bonds is 5. The summed E-state index contributed by atoms with van der Waals surface area (Å²) in [5, 5.41) is 11.5. The van der Waals surface area contributed by atoms with Gasteiger partial charge in [-0.25, -0.2) is 0 Å². The van der Waals surface area contributed by atoms with E-state index in [0.29, 0.717) is 12.8 Å². The van der Waals surface area contributed by atoms with E-state index in [4.69, 9.17) is 5.26 Å². The van der Waals surface area contributed by atoms with Crippen LogP contribution in [0.4, 0.5) is 0 Å². The van der Waals surface area contributed by atoms with Crippen LogP contribution in [0.3, 0.4) is 0 Å². The number of benzene rings is 1. The van der Waals surface area contributed by atoms with Crippen LogP contribution in [-0.4, -0.2) is 11.4 Å². The number of carbonyl (C=O) groups is 1. The highest BCUT2D eigenvalue weighted by atomic mass is 16.1. The highest BCUT2D eigenvalue weighted by Crippen LogP contribution is 2.08. The van der Waals surface area contributed by atoms with Gasteiger partial charge >= 0.3 is 0 Å². The molecule has 3 heteroatoms. The molecule has 0 aliphatic carbocycles. The lowest BCUT2D eigenvalue weighted by molar-refractivity contribution is -0.122. The molecule has 0 atom stereocenters. The molecule has 0 bridgehead atoms. The molecule has 0 fully saturated rings. The van der Waals surface area contributed by atoms with E-state index in [1.165, 1.54) is 5.56 Å². The first-order chi connectivity index (χ1) is 8.46. The smallest absolute Gasteiger partial charge is 0.221 e. The van der Waals surface area contributed by atoms with Crippen LogP contribution < -0.4 is 5.32 Å². The van der Waals surface area contributed by atoms with Gasteiger partial charge in [0.15, 0.2) is 0 Å². The molecule has 96 valence electrons. The molecular formula is C15H20N2O. The molecule has 0 saturated heterocycles. The van der Waals surface area contributed by atoms with E-state index >= 15 is 0 Å². The third kappa shape index (κ3) is 4.58. The molecule has 0 aromatic heterocycles. The highest BCUT2D eigenvalue weighted by Gasteiger charge is 2.18. The summed E-state index contributed by atoms with van der Waals surface area (Å²) in [5.74, 6) is -0.0823. The van der Waals surface area contributed by atoms with Crippen LogP contribution in [-0.2, 0) is 17.6 Å². The molecule has 1 aromatic carbocycles. The van der Waals surface area contributed by atoms with Crippen molar-refractivity contribution in [1.29, 1.82) is 5.26 Å². The van der Waals surface area contributed by atoms with Crippen molar-refractivity contribution in [1.82, 2.24) is 5.32 Å². The summed E-state index contributed by atoms with van der Waals surface area (Å²) < 4.78 is 0. The zero-order valence-electron chi connectivity index (χ0n) is 11.3. The van der Waals surface area contributed by atoms with Crippen LogP contribution >= 0.6 is 0 Å². The van der Waals surface area contributed by atoms with Gasteiger partial charge < -0.3 is 5.32 Å². The number of nitriles is 1. The summed E-state index contributed by atoms with van der Waals surface area (Å²) in [5.41, 5.74) is 1.66. The molecule has 18 heavy (non-hydrogen) atoms. The van der Waals surface area contributed by atoms with Gasteiger partial charge in [0.05, 0.1) is 6.07 Å². The maximum Gasteiger partial charge on any atom is 0.221 e. The summed E-state index contributed by atoms with van der Waals surface area (Å²) in [6.07, 6.45) is 2.14. The Bertz CT molecular complexity index is 441. The van der Waals surface area contributed by atoms with Crippen molar-refractivity contribution in [3.05, 3.63) is 35.4 Å². The number of carbonyl (C=O) groups excluding carboxylic acids is 1. The zero-order valence-corrected chi connectivity index (χ0v) is 11.3. The third-order valence-electron chi connectivity index (χ3n) is 2.80. The molecule has 1 rings (SSSR count). The quantitative estimate of drug-likeness (QED) is 0.865. The largest absolute Gasteiger partial charge is 0.338 e. The predicted octanol–water partition coefficient (Wildman–Crippen LogP) is 2.60. The maximum absolute atomic E-state index is 11.7.